The van der Waals surface area contributed by atoms with Crippen LogP contribution in [0.5, 0.6) is 0 Å². The Balaban J connectivity index is 1.41. The van der Waals surface area contributed by atoms with Gasteiger partial charge in [0.2, 0.25) is 5.91 Å². The fraction of sp³-hybridized carbons (Fsp3) is 0.579. The number of amides is 2. The molecule has 1 atom stereocenters. The zero-order valence-corrected chi connectivity index (χ0v) is 16.8. The van der Waals surface area contributed by atoms with E-state index in [9.17, 15) is 14.7 Å². The highest BCUT2D eigenvalue weighted by Crippen LogP contribution is 2.31. The summed E-state index contributed by atoms with van der Waals surface area (Å²) in [4.78, 5) is 40.8. The third-order valence-corrected chi connectivity index (χ3v) is 6.83. The first kappa shape index (κ1) is 18.9. The molecule has 150 valence electrons. The molecule has 2 aromatic heterocycles. The smallest absolute Gasteiger partial charge is 0.407 e. The van der Waals surface area contributed by atoms with Gasteiger partial charge in [0.15, 0.2) is 0 Å². The molecule has 2 amide bonds. The lowest BCUT2D eigenvalue weighted by atomic mass is 9.96. The van der Waals surface area contributed by atoms with Gasteiger partial charge in [0, 0.05) is 44.1 Å². The molecule has 1 N–H and O–H groups in total. The average Bonchev–Trinajstić information content (AvgIpc) is 3.17. The van der Waals surface area contributed by atoms with Crippen molar-refractivity contribution in [1.82, 2.24) is 19.8 Å². The lowest BCUT2D eigenvalue weighted by Crippen LogP contribution is -2.53. The van der Waals surface area contributed by atoms with Crippen LogP contribution in [-0.4, -0.2) is 76.1 Å². The number of anilines is 1. The van der Waals surface area contributed by atoms with Crippen LogP contribution >= 0.6 is 11.3 Å². The molecule has 0 bridgehead atoms. The van der Waals surface area contributed by atoms with E-state index in [4.69, 9.17) is 0 Å². The standard InChI is InChI=1S/C19H25N5O3S/c1-2-14-10-15-16(20-12-21-17(15)28-14)22-6-8-23(9-7-22)18(25)13-4-3-5-24(11-13)19(26)27/h10,12-13H,2-9,11H2,1H3,(H,26,27). The molecule has 1 unspecified atom stereocenters. The number of likely N-dealkylation sites (tertiary alicyclic amines) is 1. The van der Waals surface area contributed by atoms with Crippen molar-refractivity contribution < 1.29 is 14.7 Å². The van der Waals surface area contributed by atoms with Crippen LogP contribution in [0.25, 0.3) is 10.2 Å². The first-order valence-corrected chi connectivity index (χ1v) is 10.6. The molecular formula is C19H25N5O3S. The molecule has 2 aliphatic rings. The van der Waals surface area contributed by atoms with E-state index in [2.05, 4.69) is 27.9 Å². The zero-order valence-electron chi connectivity index (χ0n) is 16.0. The second-order valence-electron chi connectivity index (χ2n) is 7.36. The maximum absolute atomic E-state index is 12.9. The summed E-state index contributed by atoms with van der Waals surface area (Å²) in [6.07, 6.45) is 3.19. The molecule has 9 heteroatoms. The van der Waals surface area contributed by atoms with E-state index < -0.39 is 6.09 Å². The van der Waals surface area contributed by atoms with Gasteiger partial charge < -0.3 is 19.8 Å². The van der Waals surface area contributed by atoms with Crippen molar-refractivity contribution in [2.24, 2.45) is 5.92 Å². The fourth-order valence-corrected chi connectivity index (χ4v) is 5.00. The number of rotatable bonds is 3. The van der Waals surface area contributed by atoms with E-state index in [0.29, 0.717) is 26.2 Å². The van der Waals surface area contributed by atoms with Crippen molar-refractivity contribution in [3.8, 4) is 0 Å². The van der Waals surface area contributed by atoms with Crippen molar-refractivity contribution in [1.29, 1.82) is 0 Å². The van der Waals surface area contributed by atoms with Gasteiger partial charge in [0.05, 0.1) is 11.3 Å². The number of hydrogen-bond acceptors (Lipinski definition) is 6. The van der Waals surface area contributed by atoms with E-state index >= 15 is 0 Å². The second-order valence-corrected chi connectivity index (χ2v) is 8.48. The number of carbonyl (C=O) groups is 2. The molecule has 28 heavy (non-hydrogen) atoms. The van der Waals surface area contributed by atoms with Gasteiger partial charge in [-0.25, -0.2) is 14.8 Å². The van der Waals surface area contributed by atoms with Crippen LogP contribution in [0.3, 0.4) is 0 Å². The Kier molecular flexibility index (Phi) is 5.34. The van der Waals surface area contributed by atoms with Crippen molar-refractivity contribution in [2.75, 3.05) is 44.2 Å². The Morgan fingerprint density at radius 3 is 2.68 bits per heavy atom. The van der Waals surface area contributed by atoms with Crippen LogP contribution in [0.2, 0.25) is 0 Å². The molecule has 4 heterocycles. The molecule has 2 aliphatic heterocycles. The number of aromatic nitrogens is 2. The maximum Gasteiger partial charge on any atom is 0.407 e. The lowest BCUT2D eigenvalue weighted by molar-refractivity contribution is -0.137. The summed E-state index contributed by atoms with van der Waals surface area (Å²) in [7, 11) is 0. The van der Waals surface area contributed by atoms with Crippen LogP contribution in [0.4, 0.5) is 10.6 Å². The van der Waals surface area contributed by atoms with E-state index in [1.165, 1.54) is 9.78 Å². The largest absolute Gasteiger partial charge is 0.465 e. The van der Waals surface area contributed by atoms with Gasteiger partial charge in [-0.2, -0.15) is 0 Å². The lowest BCUT2D eigenvalue weighted by Gasteiger charge is -2.39. The molecule has 0 aromatic carbocycles. The molecule has 0 aliphatic carbocycles. The number of fused-ring (bicyclic) bond motifs is 1. The highest BCUT2D eigenvalue weighted by molar-refractivity contribution is 7.18. The number of aryl methyl sites for hydroxylation is 1. The first-order valence-electron chi connectivity index (χ1n) is 9.82. The van der Waals surface area contributed by atoms with Gasteiger partial charge in [-0.3, -0.25) is 4.79 Å². The molecule has 2 fully saturated rings. The predicted molar refractivity (Wildman–Crippen MR) is 108 cm³/mol. The van der Waals surface area contributed by atoms with Crippen molar-refractivity contribution >= 4 is 39.4 Å². The summed E-state index contributed by atoms with van der Waals surface area (Å²) in [5, 5.41) is 10.3. The molecular weight excluding hydrogens is 378 g/mol. The van der Waals surface area contributed by atoms with E-state index in [1.807, 2.05) is 4.90 Å². The van der Waals surface area contributed by atoms with E-state index in [-0.39, 0.29) is 11.8 Å². The minimum absolute atomic E-state index is 0.0854. The molecule has 0 spiro atoms. The summed E-state index contributed by atoms with van der Waals surface area (Å²) in [5.74, 6) is 0.816. The van der Waals surface area contributed by atoms with Gasteiger partial charge in [-0.15, -0.1) is 11.3 Å². The van der Waals surface area contributed by atoms with Gasteiger partial charge in [-0.05, 0) is 25.3 Å². The number of nitrogens with zero attached hydrogens (tertiary/aromatic N) is 5. The topological polar surface area (TPSA) is 89.9 Å². The van der Waals surface area contributed by atoms with E-state index in [1.54, 1.807) is 17.7 Å². The second kappa shape index (κ2) is 7.90. The molecule has 4 rings (SSSR count). The van der Waals surface area contributed by atoms with Crippen molar-refractivity contribution in [2.45, 2.75) is 26.2 Å². The van der Waals surface area contributed by atoms with Crippen LogP contribution in [0, 0.1) is 5.92 Å². The Hall–Kier alpha value is -2.42. The van der Waals surface area contributed by atoms with Gasteiger partial charge in [0.25, 0.3) is 0 Å². The Bertz CT molecular complexity index is 878. The van der Waals surface area contributed by atoms with Gasteiger partial charge in [-0.1, -0.05) is 6.92 Å². The molecule has 0 radical (unpaired) electrons. The summed E-state index contributed by atoms with van der Waals surface area (Å²) in [6, 6.07) is 2.18. The normalized spacial score (nSPS) is 20.6. The zero-order chi connectivity index (χ0) is 19.7. The molecule has 2 saturated heterocycles. The highest BCUT2D eigenvalue weighted by atomic mass is 32.1. The maximum atomic E-state index is 12.9. The Morgan fingerprint density at radius 1 is 1.18 bits per heavy atom. The van der Waals surface area contributed by atoms with Crippen LogP contribution < -0.4 is 4.90 Å². The number of piperazine rings is 1. The highest BCUT2D eigenvalue weighted by Gasteiger charge is 2.33. The number of carbonyl (C=O) groups excluding carboxylic acids is 1. The van der Waals surface area contributed by atoms with Crippen LogP contribution in [-0.2, 0) is 11.2 Å². The summed E-state index contributed by atoms with van der Waals surface area (Å²) < 4.78 is 0. The molecule has 0 saturated carbocycles. The first-order chi connectivity index (χ1) is 13.6. The van der Waals surface area contributed by atoms with Crippen molar-refractivity contribution in [3.63, 3.8) is 0 Å². The number of carboxylic acid groups (broad SMARTS) is 1. The average molecular weight is 404 g/mol. The van der Waals surface area contributed by atoms with Crippen LogP contribution in [0.15, 0.2) is 12.4 Å². The third kappa shape index (κ3) is 3.63. The summed E-state index contributed by atoms with van der Waals surface area (Å²) in [6.45, 7) is 5.71. The Labute approximate surface area is 167 Å². The fourth-order valence-electron chi connectivity index (χ4n) is 4.07. The molecule has 2 aromatic rings. The minimum Gasteiger partial charge on any atom is -0.465 e. The SMILES string of the molecule is CCc1cc2c(N3CCN(C(=O)C4CCCN(C(=O)O)C4)CC3)ncnc2s1. The van der Waals surface area contributed by atoms with Gasteiger partial charge in [0.1, 0.15) is 17.0 Å². The summed E-state index contributed by atoms with van der Waals surface area (Å²) in [5.41, 5.74) is 0. The number of hydrogen-bond donors (Lipinski definition) is 1. The van der Waals surface area contributed by atoms with Gasteiger partial charge >= 0.3 is 6.09 Å². The molecule has 8 nitrogen and oxygen atoms in total. The van der Waals surface area contributed by atoms with Crippen molar-refractivity contribution in [3.05, 3.63) is 17.3 Å². The summed E-state index contributed by atoms with van der Waals surface area (Å²) >= 11 is 1.71. The van der Waals surface area contributed by atoms with Crippen LogP contribution in [0.1, 0.15) is 24.6 Å². The quantitative estimate of drug-likeness (QED) is 0.846. The minimum atomic E-state index is -0.933. The van der Waals surface area contributed by atoms with E-state index in [0.717, 1.165) is 48.4 Å². The number of thiophene rings is 1. The monoisotopic (exact) mass is 403 g/mol. The predicted octanol–water partition coefficient (Wildman–Crippen LogP) is 2.29. The Morgan fingerprint density at radius 2 is 1.96 bits per heavy atom. The third-order valence-electron chi connectivity index (χ3n) is 5.64. The number of piperidine rings is 1.